The molecule has 1 aromatic rings. The fourth-order valence-corrected chi connectivity index (χ4v) is 2.48. The summed E-state index contributed by atoms with van der Waals surface area (Å²) in [4.78, 5) is 0. The molecule has 0 heterocycles. The summed E-state index contributed by atoms with van der Waals surface area (Å²) in [5.74, 6) is 2.41. The minimum atomic E-state index is -4.70. The van der Waals surface area contributed by atoms with Crippen molar-refractivity contribution in [1.82, 2.24) is 0 Å². The third-order valence-electron chi connectivity index (χ3n) is 2.50. The maximum Gasteiger partial charge on any atom is 0.457 e. The van der Waals surface area contributed by atoms with E-state index in [0.717, 1.165) is 17.6 Å². The van der Waals surface area contributed by atoms with Gasteiger partial charge in [-0.05, 0) is 18.4 Å². The summed E-state index contributed by atoms with van der Waals surface area (Å²) in [5.41, 5.74) is 0.853. The predicted molar refractivity (Wildman–Crippen MR) is 77.5 cm³/mol. The zero-order chi connectivity index (χ0) is 16.6. The van der Waals surface area contributed by atoms with Crippen molar-refractivity contribution < 1.29 is 25.8 Å². The molecule has 0 aliphatic heterocycles. The molecule has 0 saturated heterocycles. The fraction of sp³-hybridized carbons (Fsp3) is 0.333. The summed E-state index contributed by atoms with van der Waals surface area (Å²) in [7, 11) is -3.99. The highest BCUT2D eigenvalue weighted by atomic mass is 32.2. The Kier molecular flexibility index (Phi) is 6.65. The summed E-state index contributed by atoms with van der Waals surface area (Å²) >= 11 is 0. The van der Waals surface area contributed by atoms with Crippen LogP contribution in [-0.2, 0) is 20.7 Å². The smallest absolute Gasteiger partial charge is 0.253 e. The normalized spacial score (nSPS) is 13.0. The SMILES string of the molecule is C=CCS(=O)(=O)OC(C#CC(F)(F)F)CCc1ccccc1. The highest BCUT2D eigenvalue weighted by Crippen LogP contribution is 2.14. The van der Waals surface area contributed by atoms with Crippen LogP contribution in [0.1, 0.15) is 12.0 Å². The molecule has 0 radical (unpaired) electrons. The Morgan fingerprint density at radius 2 is 1.91 bits per heavy atom. The molecule has 22 heavy (non-hydrogen) atoms. The highest BCUT2D eigenvalue weighted by Gasteiger charge is 2.24. The van der Waals surface area contributed by atoms with Crippen LogP contribution in [0.5, 0.6) is 0 Å². The third kappa shape index (κ3) is 7.86. The van der Waals surface area contributed by atoms with Gasteiger partial charge in [0.1, 0.15) is 6.10 Å². The molecular weight excluding hydrogens is 317 g/mol. The molecule has 120 valence electrons. The number of hydrogen-bond donors (Lipinski definition) is 0. The molecule has 7 heteroatoms. The van der Waals surface area contributed by atoms with Crippen LogP contribution < -0.4 is 0 Å². The van der Waals surface area contributed by atoms with Gasteiger partial charge in [-0.15, -0.1) is 6.58 Å². The number of hydrogen-bond acceptors (Lipinski definition) is 3. The van der Waals surface area contributed by atoms with E-state index in [1.165, 1.54) is 0 Å². The minimum Gasteiger partial charge on any atom is -0.253 e. The molecule has 0 aliphatic rings. The zero-order valence-corrected chi connectivity index (χ0v) is 12.5. The molecule has 0 bridgehead atoms. The molecule has 1 unspecified atom stereocenters. The Bertz CT molecular complexity index is 640. The van der Waals surface area contributed by atoms with Gasteiger partial charge in [0.2, 0.25) is 0 Å². The summed E-state index contributed by atoms with van der Waals surface area (Å²) in [6, 6.07) is 8.93. The lowest BCUT2D eigenvalue weighted by Crippen LogP contribution is -2.20. The van der Waals surface area contributed by atoms with E-state index in [1.807, 2.05) is 5.92 Å². The molecule has 1 atom stereocenters. The van der Waals surface area contributed by atoms with Crippen LogP contribution >= 0.6 is 0 Å². The highest BCUT2D eigenvalue weighted by molar-refractivity contribution is 7.86. The van der Waals surface area contributed by atoms with E-state index in [4.69, 9.17) is 4.18 Å². The second kappa shape index (κ2) is 8.01. The van der Waals surface area contributed by atoms with Crippen LogP contribution in [0.4, 0.5) is 13.2 Å². The largest absolute Gasteiger partial charge is 0.457 e. The maximum absolute atomic E-state index is 12.2. The van der Waals surface area contributed by atoms with Gasteiger partial charge >= 0.3 is 6.18 Å². The van der Waals surface area contributed by atoms with Crippen molar-refractivity contribution in [2.75, 3.05) is 5.75 Å². The van der Waals surface area contributed by atoms with Crippen molar-refractivity contribution in [1.29, 1.82) is 0 Å². The monoisotopic (exact) mass is 332 g/mol. The lowest BCUT2D eigenvalue weighted by molar-refractivity contribution is -0.0699. The molecule has 0 fully saturated rings. The summed E-state index contributed by atoms with van der Waals surface area (Å²) in [5, 5.41) is 0. The van der Waals surface area contributed by atoms with Gasteiger partial charge in [0, 0.05) is 5.92 Å². The molecule has 0 N–H and O–H groups in total. The van der Waals surface area contributed by atoms with Crippen LogP contribution in [0.15, 0.2) is 43.0 Å². The quantitative estimate of drug-likeness (QED) is 0.438. The first kappa shape index (κ1) is 18.3. The van der Waals surface area contributed by atoms with E-state index in [2.05, 4.69) is 6.58 Å². The van der Waals surface area contributed by atoms with Gasteiger partial charge < -0.3 is 0 Å². The third-order valence-corrected chi connectivity index (χ3v) is 3.67. The standard InChI is InChI=1S/C15H15F3O3S/c1-2-12-22(19,20)21-14(10-11-15(16,17)18)9-8-13-6-4-3-5-7-13/h2-7,14H,1,8-9,12H2. The Morgan fingerprint density at radius 1 is 1.27 bits per heavy atom. The lowest BCUT2D eigenvalue weighted by Gasteiger charge is -2.12. The second-order valence-corrected chi connectivity index (χ2v) is 6.03. The molecule has 1 aromatic carbocycles. The summed E-state index contributed by atoms with van der Waals surface area (Å²) in [6.07, 6.45) is -4.57. The second-order valence-electron chi connectivity index (χ2n) is 4.39. The Hall–Kier alpha value is -1.78. The van der Waals surface area contributed by atoms with E-state index < -0.39 is 28.2 Å². The first-order chi connectivity index (χ1) is 10.2. The lowest BCUT2D eigenvalue weighted by atomic mass is 10.1. The summed E-state index contributed by atoms with van der Waals surface area (Å²) in [6.45, 7) is 3.26. The van der Waals surface area contributed by atoms with Gasteiger partial charge in [0.15, 0.2) is 0 Å². The van der Waals surface area contributed by atoms with Crippen molar-refractivity contribution in [2.45, 2.75) is 25.1 Å². The average molecular weight is 332 g/mol. The molecular formula is C15H15F3O3S. The first-order valence-electron chi connectivity index (χ1n) is 6.37. The zero-order valence-electron chi connectivity index (χ0n) is 11.6. The van der Waals surface area contributed by atoms with Gasteiger partial charge in [-0.2, -0.15) is 21.6 Å². The van der Waals surface area contributed by atoms with E-state index in [0.29, 0.717) is 6.42 Å². The average Bonchev–Trinajstić information content (AvgIpc) is 2.42. The van der Waals surface area contributed by atoms with Crippen LogP contribution in [0, 0.1) is 11.8 Å². The molecule has 1 rings (SSSR count). The molecule has 0 amide bonds. The van der Waals surface area contributed by atoms with Crippen molar-refractivity contribution in [3.63, 3.8) is 0 Å². The molecule has 0 spiro atoms. The Labute approximate surface area is 127 Å². The van der Waals surface area contributed by atoms with Crippen LogP contribution in [-0.4, -0.2) is 26.5 Å². The van der Waals surface area contributed by atoms with Gasteiger partial charge in [-0.1, -0.05) is 42.3 Å². The fourth-order valence-electron chi connectivity index (χ4n) is 1.61. The van der Waals surface area contributed by atoms with Crippen molar-refractivity contribution in [2.24, 2.45) is 0 Å². The van der Waals surface area contributed by atoms with Gasteiger partial charge in [-0.25, -0.2) is 0 Å². The maximum atomic E-state index is 12.2. The Balaban J connectivity index is 2.81. The number of benzene rings is 1. The van der Waals surface area contributed by atoms with E-state index >= 15 is 0 Å². The van der Waals surface area contributed by atoms with E-state index in [-0.39, 0.29) is 6.42 Å². The minimum absolute atomic E-state index is 0.0312. The molecule has 3 nitrogen and oxygen atoms in total. The van der Waals surface area contributed by atoms with Crippen molar-refractivity contribution >= 4 is 10.1 Å². The Morgan fingerprint density at radius 3 is 2.45 bits per heavy atom. The number of rotatable bonds is 7. The molecule has 0 saturated carbocycles. The van der Waals surface area contributed by atoms with Gasteiger partial charge in [-0.3, -0.25) is 4.18 Å². The van der Waals surface area contributed by atoms with Gasteiger partial charge in [0.05, 0.1) is 5.75 Å². The summed E-state index contributed by atoms with van der Waals surface area (Å²) < 4.78 is 64.3. The molecule has 0 aliphatic carbocycles. The predicted octanol–water partition coefficient (Wildman–Crippen LogP) is 3.09. The van der Waals surface area contributed by atoms with Crippen LogP contribution in [0.2, 0.25) is 0 Å². The molecule has 0 aromatic heterocycles. The first-order valence-corrected chi connectivity index (χ1v) is 7.95. The topological polar surface area (TPSA) is 43.4 Å². The van der Waals surface area contributed by atoms with Crippen molar-refractivity contribution in [3.05, 3.63) is 48.6 Å². The van der Waals surface area contributed by atoms with Gasteiger partial charge in [0.25, 0.3) is 10.1 Å². The number of alkyl halides is 3. The van der Waals surface area contributed by atoms with E-state index in [1.54, 1.807) is 30.3 Å². The number of aryl methyl sites for hydroxylation is 1. The van der Waals surface area contributed by atoms with Crippen molar-refractivity contribution in [3.8, 4) is 11.8 Å². The van der Waals surface area contributed by atoms with Crippen LogP contribution in [0.3, 0.4) is 0 Å². The van der Waals surface area contributed by atoms with E-state index in [9.17, 15) is 21.6 Å². The number of halogens is 3. The van der Waals surface area contributed by atoms with Crippen LogP contribution in [0.25, 0.3) is 0 Å².